The number of hydrogen-bond donors (Lipinski definition) is 0. The molecule has 35 heavy (non-hydrogen) atoms. The quantitative estimate of drug-likeness (QED) is 0.260. The van der Waals surface area contributed by atoms with Crippen molar-refractivity contribution in [1.82, 2.24) is 10.2 Å². The van der Waals surface area contributed by atoms with E-state index in [1.807, 2.05) is 48.5 Å². The van der Waals surface area contributed by atoms with Crippen LogP contribution in [0.15, 0.2) is 101 Å². The largest absolute Gasteiger partial charge is 0.497 e. The van der Waals surface area contributed by atoms with Crippen molar-refractivity contribution in [2.24, 2.45) is 0 Å². The van der Waals surface area contributed by atoms with Crippen LogP contribution in [0.5, 0.6) is 5.75 Å². The summed E-state index contributed by atoms with van der Waals surface area (Å²) in [4.78, 5) is 0. The molecule has 4 aromatic carbocycles. The Morgan fingerprint density at radius 1 is 0.571 bits per heavy atom. The zero-order chi connectivity index (χ0) is 24.4. The zero-order valence-electron chi connectivity index (χ0n) is 20.4. The highest BCUT2D eigenvalue weighted by atomic mass is 16.5. The highest BCUT2D eigenvalue weighted by Gasteiger charge is 2.23. The number of ether oxygens (including phenoxy) is 1. The lowest BCUT2D eigenvalue weighted by Gasteiger charge is -2.26. The predicted molar refractivity (Wildman–Crippen MR) is 140 cm³/mol. The second-order valence-corrected chi connectivity index (χ2v) is 9.29. The molecule has 4 heteroatoms. The molecule has 0 unspecified atom stereocenters. The molecule has 0 aliphatic carbocycles. The van der Waals surface area contributed by atoms with Crippen LogP contribution < -0.4 is 4.74 Å². The molecule has 0 saturated heterocycles. The topological polar surface area (TPSA) is 48.2 Å². The monoisotopic (exact) mass is 460 g/mol. The van der Waals surface area contributed by atoms with Gasteiger partial charge in [0, 0.05) is 16.5 Å². The standard InChI is InChI=1S/C31H28N2O2/c1-21-5-7-24(8-6-21)29-32-33-30(35-29)25-11-9-22(10-12-25)23-13-15-26(16-14-23)31(2,3)27-17-19-28(34-4)20-18-27/h5-20H,1-4H3. The summed E-state index contributed by atoms with van der Waals surface area (Å²) in [6, 6.07) is 33.4. The minimum atomic E-state index is -0.109. The number of aromatic nitrogens is 2. The fourth-order valence-electron chi connectivity index (χ4n) is 4.21. The third-order valence-corrected chi connectivity index (χ3v) is 6.61. The molecule has 5 rings (SSSR count). The van der Waals surface area contributed by atoms with Gasteiger partial charge in [-0.05, 0) is 65.6 Å². The molecule has 0 aliphatic heterocycles. The molecular formula is C31H28N2O2. The van der Waals surface area contributed by atoms with Crippen LogP contribution in [0, 0.1) is 6.92 Å². The third-order valence-electron chi connectivity index (χ3n) is 6.61. The van der Waals surface area contributed by atoms with E-state index in [2.05, 4.69) is 79.5 Å². The van der Waals surface area contributed by atoms with Gasteiger partial charge in [0.05, 0.1) is 7.11 Å². The fraction of sp³-hybridized carbons (Fsp3) is 0.161. The summed E-state index contributed by atoms with van der Waals surface area (Å²) in [5.74, 6) is 1.91. The van der Waals surface area contributed by atoms with Crippen molar-refractivity contribution in [2.45, 2.75) is 26.2 Å². The van der Waals surface area contributed by atoms with Gasteiger partial charge in [-0.2, -0.15) is 0 Å². The first-order valence-electron chi connectivity index (χ1n) is 11.7. The molecule has 0 atom stereocenters. The maximum Gasteiger partial charge on any atom is 0.248 e. The van der Waals surface area contributed by atoms with E-state index in [9.17, 15) is 0 Å². The van der Waals surface area contributed by atoms with Gasteiger partial charge in [-0.15, -0.1) is 10.2 Å². The van der Waals surface area contributed by atoms with Crippen LogP contribution in [0.25, 0.3) is 34.0 Å². The molecule has 0 aliphatic rings. The fourth-order valence-corrected chi connectivity index (χ4v) is 4.21. The van der Waals surface area contributed by atoms with E-state index in [1.165, 1.54) is 16.7 Å². The minimum absolute atomic E-state index is 0.109. The summed E-state index contributed by atoms with van der Waals surface area (Å²) in [7, 11) is 1.69. The van der Waals surface area contributed by atoms with E-state index >= 15 is 0 Å². The number of nitrogens with zero attached hydrogens (tertiary/aromatic N) is 2. The van der Waals surface area contributed by atoms with E-state index in [0.717, 1.165) is 28.0 Å². The summed E-state index contributed by atoms with van der Waals surface area (Å²) in [6.07, 6.45) is 0. The number of aryl methyl sites for hydroxylation is 1. The summed E-state index contributed by atoms with van der Waals surface area (Å²) >= 11 is 0. The van der Waals surface area contributed by atoms with Crippen molar-refractivity contribution in [3.8, 4) is 39.8 Å². The normalized spacial score (nSPS) is 11.4. The smallest absolute Gasteiger partial charge is 0.248 e. The predicted octanol–water partition coefficient (Wildman–Crippen LogP) is 7.71. The van der Waals surface area contributed by atoms with Crippen LogP contribution in [0.2, 0.25) is 0 Å². The van der Waals surface area contributed by atoms with Crippen LogP contribution in [-0.4, -0.2) is 17.3 Å². The van der Waals surface area contributed by atoms with Gasteiger partial charge in [0.25, 0.3) is 0 Å². The van der Waals surface area contributed by atoms with Crippen LogP contribution >= 0.6 is 0 Å². The Kier molecular flexibility index (Phi) is 5.96. The Balaban J connectivity index is 1.34. The lowest BCUT2D eigenvalue weighted by Crippen LogP contribution is -2.18. The molecule has 5 aromatic rings. The lowest BCUT2D eigenvalue weighted by molar-refractivity contribution is 0.414. The van der Waals surface area contributed by atoms with Gasteiger partial charge in [-0.25, -0.2) is 0 Å². The first-order valence-corrected chi connectivity index (χ1v) is 11.7. The van der Waals surface area contributed by atoms with E-state index in [0.29, 0.717) is 11.8 Å². The third kappa shape index (κ3) is 4.60. The van der Waals surface area contributed by atoms with Gasteiger partial charge >= 0.3 is 0 Å². The van der Waals surface area contributed by atoms with Crippen molar-refractivity contribution in [1.29, 1.82) is 0 Å². The van der Waals surface area contributed by atoms with E-state index in [1.54, 1.807) is 7.11 Å². The molecule has 1 aromatic heterocycles. The van der Waals surface area contributed by atoms with Crippen molar-refractivity contribution in [3.05, 3.63) is 114 Å². The first-order chi connectivity index (χ1) is 16.9. The van der Waals surface area contributed by atoms with Gasteiger partial charge in [0.2, 0.25) is 11.8 Å². The Bertz CT molecular complexity index is 1410. The molecule has 0 N–H and O–H groups in total. The molecule has 174 valence electrons. The molecule has 0 fully saturated rings. The zero-order valence-corrected chi connectivity index (χ0v) is 20.4. The van der Waals surface area contributed by atoms with Crippen LogP contribution in [-0.2, 0) is 5.41 Å². The molecule has 0 spiro atoms. The van der Waals surface area contributed by atoms with Gasteiger partial charge in [-0.1, -0.05) is 80.1 Å². The molecule has 0 bridgehead atoms. The van der Waals surface area contributed by atoms with Gasteiger partial charge in [0.15, 0.2) is 0 Å². The second-order valence-electron chi connectivity index (χ2n) is 9.29. The molecule has 0 saturated carbocycles. The number of methoxy groups -OCH3 is 1. The minimum Gasteiger partial charge on any atom is -0.497 e. The molecule has 1 heterocycles. The lowest BCUT2D eigenvalue weighted by atomic mass is 9.78. The van der Waals surface area contributed by atoms with Crippen LogP contribution in [0.4, 0.5) is 0 Å². The van der Waals surface area contributed by atoms with Crippen molar-refractivity contribution in [2.75, 3.05) is 7.11 Å². The maximum atomic E-state index is 5.92. The molecule has 0 amide bonds. The molecule has 0 radical (unpaired) electrons. The Morgan fingerprint density at radius 2 is 0.971 bits per heavy atom. The first kappa shape index (κ1) is 22.6. The summed E-state index contributed by atoms with van der Waals surface area (Å²) < 4.78 is 11.2. The van der Waals surface area contributed by atoms with Gasteiger partial charge in [0.1, 0.15) is 5.75 Å². The van der Waals surface area contributed by atoms with Crippen molar-refractivity contribution < 1.29 is 9.15 Å². The molecular weight excluding hydrogens is 432 g/mol. The SMILES string of the molecule is COc1ccc(C(C)(C)c2ccc(-c3ccc(-c4nnc(-c5ccc(C)cc5)o4)cc3)cc2)cc1. The number of hydrogen-bond acceptors (Lipinski definition) is 4. The maximum absolute atomic E-state index is 5.92. The highest BCUT2D eigenvalue weighted by molar-refractivity contribution is 5.68. The Labute approximate surface area is 206 Å². The molecule has 4 nitrogen and oxygen atoms in total. The highest BCUT2D eigenvalue weighted by Crippen LogP contribution is 2.34. The van der Waals surface area contributed by atoms with Gasteiger partial charge < -0.3 is 9.15 Å². The summed E-state index contributed by atoms with van der Waals surface area (Å²) in [5, 5.41) is 8.46. The van der Waals surface area contributed by atoms with E-state index in [4.69, 9.17) is 9.15 Å². The Hall–Kier alpha value is -4.18. The second kappa shape index (κ2) is 9.22. The number of benzene rings is 4. The average Bonchev–Trinajstić information content (AvgIpc) is 3.40. The van der Waals surface area contributed by atoms with Crippen molar-refractivity contribution >= 4 is 0 Å². The van der Waals surface area contributed by atoms with Crippen LogP contribution in [0.3, 0.4) is 0 Å². The summed E-state index contributed by atoms with van der Waals surface area (Å²) in [6.45, 7) is 6.54. The average molecular weight is 461 g/mol. The Morgan fingerprint density at radius 3 is 1.46 bits per heavy atom. The van der Waals surface area contributed by atoms with E-state index in [-0.39, 0.29) is 5.41 Å². The van der Waals surface area contributed by atoms with Crippen molar-refractivity contribution in [3.63, 3.8) is 0 Å². The van der Waals surface area contributed by atoms with Crippen LogP contribution in [0.1, 0.15) is 30.5 Å². The van der Waals surface area contributed by atoms with E-state index < -0.39 is 0 Å². The summed E-state index contributed by atoms with van der Waals surface area (Å²) in [5.41, 5.74) is 7.72. The van der Waals surface area contributed by atoms with Gasteiger partial charge in [-0.3, -0.25) is 0 Å². The number of rotatable bonds is 6.